The summed E-state index contributed by atoms with van der Waals surface area (Å²) in [5, 5.41) is 16.0. The average Bonchev–Trinajstić information content (AvgIpc) is 3.16. The third-order valence-electron chi connectivity index (χ3n) is 4.86. The maximum atomic E-state index is 11.8. The summed E-state index contributed by atoms with van der Waals surface area (Å²) in [6.45, 7) is 0.566. The number of nitrogens with one attached hydrogen (secondary N) is 1. The second kappa shape index (κ2) is 9.09. The molecule has 4 aromatic rings. The first kappa shape index (κ1) is 20.7. The number of esters is 1. The first-order valence-corrected chi connectivity index (χ1v) is 9.70. The SMILES string of the molecule is COC(=O)c1cccc(Cn2cc(/C=N\Nc3ccc([N+](=O)[O-])cn3)c3ccccc32)c1. The van der Waals surface area contributed by atoms with Crippen molar-refractivity contribution in [1.29, 1.82) is 0 Å². The van der Waals surface area contributed by atoms with Crippen LogP contribution in [-0.4, -0.2) is 33.8 Å². The van der Waals surface area contributed by atoms with E-state index in [2.05, 4.69) is 20.1 Å². The van der Waals surface area contributed by atoms with Gasteiger partial charge in [-0.2, -0.15) is 5.10 Å². The molecule has 0 saturated carbocycles. The minimum atomic E-state index is -0.504. The van der Waals surface area contributed by atoms with Crippen molar-refractivity contribution in [2.45, 2.75) is 6.54 Å². The molecule has 9 nitrogen and oxygen atoms in total. The summed E-state index contributed by atoms with van der Waals surface area (Å²) in [5.74, 6) is 0.0261. The maximum absolute atomic E-state index is 11.8. The smallest absolute Gasteiger partial charge is 0.337 e. The Morgan fingerprint density at radius 1 is 1.22 bits per heavy atom. The molecular weight excluding hydrogens is 410 g/mol. The third-order valence-corrected chi connectivity index (χ3v) is 4.86. The van der Waals surface area contributed by atoms with Gasteiger partial charge in [0.15, 0.2) is 0 Å². The average molecular weight is 429 g/mol. The number of anilines is 1. The van der Waals surface area contributed by atoms with Crippen LogP contribution in [0.5, 0.6) is 0 Å². The first-order chi connectivity index (χ1) is 15.5. The van der Waals surface area contributed by atoms with Crippen LogP contribution in [0.25, 0.3) is 10.9 Å². The van der Waals surface area contributed by atoms with Gasteiger partial charge in [0.05, 0.1) is 23.8 Å². The van der Waals surface area contributed by atoms with E-state index in [0.717, 1.165) is 22.0 Å². The highest BCUT2D eigenvalue weighted by Gasteiger charge is 2.10. The summed E-state index contributed by atoms with van der Waals surface area (Å²) in [5.41, 5.74) is 6.07. The maximum Gasteiger partial charge on any atom is 0.337 e. The van der Waals surface area contributed by atoms with Crippen molar-refractivity contribution in [1.82, 2.24) is 9.55 Å². The number of rotatable bonds is 7. The van der Waals surface area contributed by atoms with E-state index in [4.69, 9.17) is 4.74 Å². The predicted molar refractivity (Wildman–Crippen MR) is 121 cm³/mol. The van der Waals surface area contributed by atoms with Crippen LogP contribution in [0.4, 0.5) is 11.5 Å². The number of hydrazone groups is 1. The van der Waals surface area contributed by atoms with Crippen molar-refractivity contribution < 1.29 is 14.5 Å². The minimum absolute atomic E-state index is 0.0844. The summed E-state index contributed by atoms with van der Waals surface area (Å²) in [7, 11) is 1.36. The summed E-state index contributed by atoms with van der Waals surface area (Å²) in [4.78, 5) is 26.0. The van der Waals surface area contributed by atoms with Gasteiger partial charge in [-0.3, -0.25) is 15.5 Å². The van der Waals surface area contributed by atoms with Crippen molar-refractivity contribution in [2.24, 2.45) is 5.10 Å². The van der Waals surface area contributed by atoms with Crippen molar-refractivity contribution >= 4 is 34.6 Å². The number of fused-ring (bicyclic) bond motifs is 1. The number of hydrogen-bond acceptors (Lipinski definition) is 7. The van der Waals surface area contributed by atoms with Crippen LogP contribution in [0.15, 0.2) is 78.2 Å². The molecule has 0 saturated heterocycles. The highest BCUT2D eigenvalue weighted by molar-refractivity contribution is 5.99. The van der Waals surface area contributed by atoms with E-state index >= 15 is 0 Å². The number of hydrogen-bond donors (Lipinski definition) is 1. The summed E-state index contributed by atoms with van der Waals surface area (Å²) < 4.78 is 6.89. The molecule has 4 rings (SSSR count). The molecule has 0 spiro atoms. The van der Waals surface area contributed by atoms with Crippen molar-refractivity contribution in [2.75, 3.05) is 12.5 Å². The summed E-state index contributed by atoms with van der Waals surface area (Å²) >= 11 is 0. The van der Waals surface area contributed by atoms with Crippen LogP contribution >= 0.6 is 0 Å². The molecule has 0 unspecified atom stereocenters. The monoisotopic (exact) mass is 429 g/mol. The lowest BCUT2D eigenvalue weighted by molar-refractivity contribution is -0.385. The topological polar surface area (TPSA) is 112 Å². The molecule has 2 heterocycles. The summed E-state index contributed by atoms with van der Waals surface area (Å²) in [6, 6.07) is 18.1. The van der Waals surface area contributed by atoms with E-state index in [1.807, 2.05) is 48.7 Å². The van der Waals surface area contributed by atoms with Gasteiger partial charge in [-0.05, 0) is 29.8 Å². The number of carbonyl (C=O) groups is 1. The molecular formula is C23H19N5O4. The van der Waals surface area contributed by atoms with Crippen LogP contribution in [-0.2, 0) is 11.3 Å². The molecule has 160 valence electrons. The van der Waals surface area contributed by atoms with E-state index in [-0.39, 0.29) is 11.7 Å². The molecule has 2 aromatic heterocycles. The van der Waals surface area contributed by atoms with Crippen LogP contribution in [0.2, 0.25) is 0 Å². The molecule has 0 atom stereocenters. The van der Waals surface area contributed by atoms with E-state index in [1.54, 1.807) is 12.3 Å². The lowest BCUT2D eigenvalue weighted by atomic mass is 10.1. The molecule has 0 aliphatic heterocycles. The lowest BCUT2D eigenvalue weighted by Crippen LogP contribution is -2.03. The zero-order valence-electron chi connectivity index (χ0n) is 17.1. The van der Waals surface area contributed by atoms with Crippen LogP contribution in [0.1, 0.15) is 21.5 Å². The molecule has 0 bridgehead atoms. The van der Waals surface area contributed by atoms with E-state index < -0.39 is 4.92 Å². The van der Waals surface area contributed by atoms with Crippen molar-refractivity contribution in [3.63, 3.8) is 0 Å². The van der Waals surface area contributed by atoms with E-state index in [9.17, 15) is 14.9 Å². The number of ether oxygens (including phenoxy) is 1. The molecule has 2 aromatic carbocycles. The number of methoxy groups -OCH3 is 1. The fourth-order valence-electron chi connectivity index (χ4n) is 3.35. The number of carbonyl (C=O) groups excluding carboxylic acids is 1. The number of nitro groups is 1. The Labute approximate surface area is 183 Å². The highest BCUT2D eigenvalue weighted by Crippen LogP contribution is 2.22. The molecule has 9 heteroatoms. The van der Waals surface area contributed by atoms with Gasteiger partial charge in [0.25, 0.3) is 5.69 Å². The number of aromatic nitrogens is 2. The fourth-order valence-corrected chi connectivity index (χ4v) is 3.35. The zero-order valence-corrected chi connectivity index (χ0v) is 17.1. The van der Waals surface area contributed by atoms with Gasteiger partial charge in [-0.1, -0.05) is 30.3 Å². The van der Waals surface area contributed by atoms with E-state index in [1.165, 1.54) is 25.4 Å². The van der Waals surface area contributed by atoms with Crippen molar-refractivity contribution in [3.05, 3.63) is 99.9 Å². The molecule has 32 heavy (non-hydrogen) atoms. The van der Waals surface area contributed by atoms with E-state index in [0.29, 0.717) is 17.9 Å². The van der Waals surface area contributed by atoms with Gasteiger partial charge in [0.2, 0.25) is 0 Å². The Hall–Kier alpha value is -4.53. The normalized spacial score (nSPS) is 11.0. The Morgan fingerprint density at radius 2 is 2.06 bits per heavy atom. The Bertz CT molecular complexity index is 1310. The zero-order chi connectivity index (χ0) is 22.5. The first-order valence-electron chi connectivity index (χ1n) is 9.70. The molecule has 0 radical (unpaired) electrons. The largest absolute Gasteiger partial charge is 0.465 e. The molecule has 0 amide bonds. The quantitative estimate of drug-likeness (QED) is 0.204. The highest BCUT2D eigenvalue weighted by atomic mass is 16.6. The van der Waals surface area contributed by atoms with Crippen molar-refractivity contribution in [3.8, 4) is 0 Å². The lowest BCUT2D eigenvalue weighted by Gasteiger charge is -2.07. The van der Waals surface area contributed by atoms with Gasteiger partial charge in [-0.25, -0.2) is 9.78 Å². The second-order valence-electron chi connectivity index (χ2n) is 6.95. The molecule has 0 fully saturated rings. The Morgan fingerprint density at radius 3 is 2.81 bits per heavy atom. The molecule has 0 aliphatic rings. The van der Waals surface area contributed by atoms with Crippen LogP contribution in [0.3, 0.4) is 0 Å². The predicted octanol–water partition coefficient (Wildman–Crippen LogP) is 4.23. The van der Waals surface area contributed by atoms with Gasteiger partial charge >= 0.3 is 5.97 Å². The molecule has 0 aliphatic carbocycles. The second-order valence-corrected chi connectivity index (χ2v) is 6.95. The summed E-state index contributed by atoms with van der Waals surface area (Å²) in [6.07, 6.45) is 4.82. The third kappa shape index (κ3) is 4.46. The fraction of sp³-hybridized carbons (Fsp3) is 0.0870. The molecule has 1 N–H and O–H groups in total. The van der Waals surface area contributed by atoms with Gasteiger partial charge in [0, 0.05) is 35.3 Å². The Balaban J connectivity index is 1.57. The number of pyridine rings is 1. The standard InChI is InChI=1S/C23H19N5O4/c1-32-23(29)17-6-4-5-16(11-17)14-27-15-18(20-7-2-3-8-21(20)27)12-25-26-22-10-9-19(13-24-22)28(30)31/h2-13,15H,14H2,1H3,(H,24,26)/b25-12-. The number of benzene rings is 2. The number of nitrogens with zero attached hydrogens (tertiary/aromatic N) is 4. The minimum Gasteiger partial charge on any atom is -0.465 e. The van der Waals surface area contributed by atoms with Gasteiger partial charge in [-0.15, -0.1) is 0 Å². The van der Waals surface area contributed by atoms with Crippen LogP contribution in [0, 0.1) is 10.1 Å². The number of para-hydroxylation sites is 1. The Kier molecular flexibility index (Phi) is 5.89. The van der Waals surface area contributed by atoms with Gasteiger partial charge in [0.1, 0.15) is 12.0 Å². The van der Waals surface area contributed by atoms with Gasteiger partial charge < -0.3 is 9.30 Å². The van der Waals surface area contributed by atoms with Crippen LogP contribution < -0.4 is 5.43 Å².